The highest BCUT2D eigenvalue weighted by Gasteiger charge is 2.36. The third-order valence-corrected chi connectivity index (χ3v) is 5.75. The van der Waals surface area contributed by atoms with Gasteiger partial charge in [-0.25, -0.2) is 4.79 Å². The Kier molecular flexibility index (Phi) is 6.54. The van der Waals surface area contributed by atoms with Crippen LogP contribution in [-0.2, 0) is 9.47 Å². The molecule has 33 heavy (non-hydrogen) atoms. The number of pyridine rings is 1. The van der Waals surface area contributed by atoms with Crippen molar-refractivity contribution in [3.05, 3.63) is 69.2 Å². The van der Waals surface area contributed by atoms with Gasteiger partial charge >= 0.3 is 6.16 Å². The van der Waals surface area contributed by atoms with E-state index in [9.17, 15) is 14.4 Å². The van der Waals surface area contributed by atoms with E-state index in [4.69, 9.17) is 9.47 Å². The van der Waals surface area contributed by atoms with Crippen molar-refractivity contribution < 1.29 is 19.1 Å². The fourth-order valence-corrected chi connectivity index (χ4v) is 4.06. The lowest BCUT2D eigenvalue weighted by Gasteiger charge is -2.37. The Morgan fingerprint density at radius 3 is 2.33 bits per heavy atom. The van der Waals surface area contributed by atoms with Crippen LogP contribution >= 0.6 is 0 Å². The highest BCUT2D eigenvalue weighted by molar-refractivity contribution is 5.97. The number of hydrogen-bond donors (Lipinski definition) is 2. The van der Waals surface area contributed by atoms with Crippen LogP contribution in [0, 0.1) is 10.8 Å². The maximum atomic E-state index is 13.2. The summed E-state index contributed by atoms with van der Waals surface area (Å²) in [4.78, 5) is 41.1. The van der Waals surface area contributed by atoms with Crippen molar-refractivity contribution in [3.8, 4) is 0 Å². The largest absolute Gasteiger partial charge is 0.513 e. The number of H-pyrrole nitrogens is 1. The molecule has 1 aliphatic rings. The molecule has 1 aromatic heterocycles. The van der Waals surface area contributed by atoms with E-state index in [2.05, 4.69) is 31.1 Å². The van der Waals surface area contributed by atoms with Crippen molar-refractivity contribution in [1.82, 2.24) is 10.3 Å². The van der Waals surface area contributed by atoms with Gasteiger partial charge in [0.2, 0.25) is 5.43 Å². The van der Waals surface area contributed by atoms with Gasteiger partial charge in [0.25, 0.3) is 5.91 Å². The van der Waals surface area contributed by atoms with Gasteiger partial charge in [0.1, 0.15) is 11.3 Å². The molecule has 176 valence electrons. The molecule has 2 aromatic rings. The molecule has 1 heterocycles. The molecule has 1 aromatic carbocycles. The molecule has 0 saturated carbocycles. The number of aromatic nitrogens is 1. The lowest BCUT2D eigenvalue weighted by molar-refractivity contribution is 0.0888. The lowest BCUT2D eigenvalue weighted by atomic mass is 9.72. The highest BCUT2D eigenvalue weighted by Crippen LogP contribution is 2.42. The minimum atomic E-state index is -0.810. The Hall–Kier alpha value is -3.35. The zero-order chi connectivity index (χ0) is 24.6. The van der Waals surface area contributed by atoms with E-state index < -0.39 is 18.1 Å². The minimum Gasteiger partial charge on any atom is -0.437 e. The summed E-state index contributed by atoms with van der Waals surface area (Å²) in [5.74, 6) is -0.0427. The van der Waals surface area contributed by atoms with Gasteiger partial charge < -0.3 is 19.8 Å². The summed E-state index contributed by atoms with van der Waals surface area (Å²) in [6.07, 6.45) is 2.89. The van der Waals surface area contributed by atoms with Crippen LogP contribution in [0.5, 0.6) is 0 Å². The smallest absolute Gasteiger partial charge is 0.437 e. The number of fused-ring (bicyclic) bond motifs is 1. The van der Waals surface area contributed by atoms with Gasteiger partial charge in [-0.1, -0.05) is 59.8 Å². The van der Waals surface area contributed by atoms with Crippen LogP contribution in [0.15, 0.2) is 58.2 Å². The summed E-state index contributed by atoms with van der Waals surface area (Å²) in [7, 11) is 1.25. The standard InChI is InChI=1S/C26H32N2O5/c1-25(2,3)17-12-18(26(4,5)6)21(33-24(31)32-7)13-20(17)28-23(30)16-14-27-19-11-9-8-10-15(19)22(16)29/h8-12,14,20H,13H2,1-7H3,(H,27,29)(H,28,30). The molecule has 1 aliphatic carbocycles. The van der Waals surface area contributed by atoms with Gasteiger partial charge in [0, 0.05) is 23.5 Å². The fraction of sp³-hybridized carbons (Fsp3) is 0.423. The zero-order valence-corrected chi connectivity index (χ0v) is 20.3. The minimum absolute atomic E-state index is 0.0305. The van der Waals surface area contributed by atoms with Crippen LogP contribution < -0.4 is 10.7 Å². The molecule has 0 spiro atoms. The molecule has 0 aliphatic heterocycles. The number of amides is 1. The number of hydrogen-bond acceptors (Lipinski definition) is 5. The molecular formula is C26H32N2O5. The van der Waals surface area contributed by atoms with Crippen LogP contribution in [0.25, 0.3) is 10.9 Å². The number of rotatable bonds is 3. The molecule has 3 rings (SSSR count). The van der Waals surface area contributed by atoms with Crippen molar-refractivity contribution in [3.63, 3.8) is 0 Å². The molecule has 7 nitrogen and oxygen atoms in total. The number of carbonyl (C=O) groups is 2. The second-order valence-electron chi connectivity index (χ2n) is 10.3. The molecule has 7 heteroatoms. The van der Waals surface area contributed by atoms with Gasteiger partial charge in [0.05, 0.1) is 13.2 Å². The Morgan fingerprint density at radius 1 is 1.06 bits per heavy atom. The number of nitrogens with one attached hydrogen (secondary N) is 2. The lowest BCUT2D eigenvalue weighted by Crippen LogP contribution is -2.43. The molecule has 0 bridgehead atoms. The topological polar surface area (TPSA) is 97.5 Å². The average molecular weight is 453 g/mol. The maximum Gasteiger partial charge on any atom is 0.513 e. The Labute approximate surface area is 193 Å². The van der Waals surface area contributed by atoms with Crippen molar-refractivity contribution in [2.45, 2.75) is 54.0 Å². The number of methoxy groups -OCH3 is 1. The summed E-state index contributed by atoms with van der Waals surface area (Å²) in [5.41, 5.74) is 1.63. The number of allylic oxidation sites excluding steroid dienone is 2. The second-order valence-corrected chi connectivity index (χ2v) is 10.3. The van der Waals surface area contributed by atoms with E-state index in [1.165, 1.54) is 13.3 Å². The average Bonchev–Trinajstić information content (AvgIpc) is 2.72. The van der Waals surface area contributed by atoms with Crippen LogP contribution in [0.3, 0.4) is 0 Å². The Bertz CT molecular complexity index is 1210. The predicted molar refractivity (Wildman–Crippen MR) is 128 cm³/mol. The van der Waals surface area contributed by atoms with Crippen molar-refractivity contribution in [1.29, 1.82) is 0 Å². The quantitative estimate of drug-likeness (QED) is 0.633. The fourth-order valence-electron chi connectivity index (χ4n) is 4.06. The maximum absolute atomic E-state index is 13.2. The second kappa shape index (κ2) is 8.89. The molecule has 1 amide bonds. The van der Waals surface area contributed by atoms with E-state index in [1.807, 2.05) is 32.9 Å². The number of aromatic amines is 1. The molecule has 2 N–H and O–H groups in total. The van der Waals surface area contributed by atoms with Gasteiger partial charge in [-0.2, -0.15) is 0 Å². The van der Waals surface area contributed by atoms with Crippen LogP contribution in [0.2, 0.25) is 0 Å². The molecule has 1 unspecified atom stereocenters. The Morgan fingerprint density at radius 2 is 1.73 bits per heavy atom. The summed E-state index contributed by atoms with van der Waals surface area (Å²) >= 11 is 0. The van der Waals surface area contributed by atoms with Gasteiger partial charge in [-0.3, -0.25) is 9.59 Å². The molecule has 1 atom stereocenters. The van der Waals surface area contributed by atoms with Crippen LogP contribution in [0.1, 0.15) is 58.3 Å². The summed E-state index contributed by atoms with van der Waals surface area (Å²) in [5, 5.41) is 3.45. The predicted octanol–water partition coefficient (Wildman–Crippen LogP) is 5.09. The molecule has 0 fully saturated rings. The van der Waals surface area contributed by atoms with E-state index in [1.54, 1.807) is 18.2 Å². The number of carbonyl (C=O) groups excluding carboxylic acids is 2. The normalized spacial score (nSPS) is 16.9. The first kappa shape index (κ1) is 24.3. The van der Waals surface area contributed by atoms with E-state index in [-0.39, 0.29) is 28.2 Å². The number of ether oxygens (including phenoxy) is 2. The van der Waals surface area contributed by atoms with Gasteiger partial charge in [-0.15, -0.1) is 0 Å². The van der Waals surface area contributed by atoms with E-state index in [0.717, 1.165) is 11.1 Å². The SMILES string of the molecule is COC(=O)OC1=C(C(C)(C)C)C=C(C(C)(C)C)C(NC(=O)c2c[nH]c3ccccc3c2=O)C1. The van der Waals surface area contributed by atoms with Crippen molar-refractivity contribution in [2.75, 3.05) is 7.11 Å². The zero-order valence-electron chi connectivity index (χ0n) is 20.3. The number of para-hydroxylation sites is 1. The molecular weight excluding hydrogens is 420 g/mol. The summed E-state index contributed by atoms with van der Waals surface area (Å²) < 4.78 is 10.2. The monoisotopic (exact) mass is 452 g/mol. The first-order valence-electron chi connectivity index (χ1n) is 11.0. The highest BCUT2D eigenvalue weighted by atomic mass is 16.7. The first-order valence-corrected chi connectivity index (χ1v) is 11.0. The number of benzene rings is 1. The van der Waals surface area contributed by atoms with Gasteiger partial charge in [0.15, 0.2) is 0 Å². The summed E-state index contributed by atoms with van der Waals surface area (Å²) in [6.45, 7) is 12.3. The third-order valence-electron chi connectivity index (χ3n) is 5.75. The Balaban J connectivity index is 2.02. The van der Waals surface area contributed by atoms with E-state index >= 15 is 0 Å². The van der Waals surface area contributed by atoms with Crippen LogP contribution in [-0.4, -0.2) is 30.2 Å². The van der Waals surface area contributed by atoms with E-state index in [0.29, 0.717) is 16.7 Å². The summed E-state index contributed by atoms with van der Waals surface area (Å²) in [6, 6.07) is 6.59. The van der Waals surface area contributed by atoms with Crippen molar-refractivity contribution in [2.24, 2.45) is 10.8 Å². The van der Waals surface area contributed by atoms with Gasteiger partial charge in [-0.05, 0) is 34.1 Å². The first-order chi connectivity index (χ1) is 15.3. The van der Waals surface area contributed by atoms with Crippen molar-refractivity contribution >= 4 is 23.0 Å². The van der Waals surface area contributed by atoms with Crippen LogP contribution in [0.4, 0.5) is 4.79 Å². The molecule has 0 radical (unpaired) electrons. The third kappa shape index (κ3) is 5.18. The molecule has 0 saturated heterocycles.